The van der Waals surface area contributed by atoms with Gasteiger partial charge in [-0.05, 0) is 12.1 Å². The van der Waals surface area contributed by atoms with Crippen LogP contribution in [0.15, 0.2) is 24.3 Å². The van der Waals surface area contributed by atoms with Gasteiger partial charge in [0.1, 0.15) is 5.75 Å². The van der Waals surface area contributed by atoms with Gasteiger partial charge in [-0.15, -0.1) is 0 Å². The van der Waals surface area contributed by atoms with E-state index in [-0.39, 0.29) is 0 Å². The van der Waals surface area contributed by atoms with Crippen LogP contribution in [0.25, 0.3) is 0 Å². The van der Waals surface area contributed by atoms with E-state index >= 15 is 0 Å². The topological polar surface area (TPSA) is 62.2 Å². The van der Waals surface area contributed by atoms with Crippen LogP contribution in [0, 0.1) is 0 Å². The highest BCUT2D eigenvalue weighted by atomic mass is 16.6. The van der Waals surface area contributed by atoms with Crippen LogP contribution in [0.2, 0.25) is 0 Å². The first-order chi connectivity index (χ1) is 7.75. The average molecular weight is 223 g/mol. The van der Waals surface area contributed by atoms with Gasteiger partial charge in [0.25, 0.3) is 0 Å². The molecule has 2 N–H and O–H groups in total. The summed E-state index contributed by atoms with van der Waals surface area (Å²) in [5, 5.41) is 17.4. The van der Waals surface area contributed by atoms with Gasteiger partial charge in [0, 0.05) is 24.8 Å². The minimum Gasteiger partial charge on any atom is -0.512 e. The quantitative estimate of drug-likeness (QED) is 0.699. The van der Waals surface area contributed by atoms with Crippen LogP contribution >= 0.6 is 0 Å². The summed E-state index contributed by atoms with van der Waals surface area (Å²) < 4.78 is 10.1. The zero-order chi connectivity index (χ0) is 11.4. The van der Waals surface area contributed by atoms with E-state index in [1.54, 1.807) is 12.1 Å². The lowest BCUT2D eigenvalue weighted by Gasteiger charge is -2.29. The van der Waals surface area contributed by atoms with Crippen LogP contribution in [0.5, 0.6) is 5.75 Å². The van der Waals surface area contributed by atoms with E-state index in [1.165, 1.54) is 0 Å². The maximum atomic E-state index is 8.71. The third kappa shape index (κ3) is 2.88. The standard InChI is InChI=1S/C10H14BNO4/c13-11(14)16-10-3-1-2-9(8-10)12-4-6-15-7-5-12/h1-3,8,13-14H,4-7H2. The van der Waals surface area contributed by atoms with Gasteiger partial charge in [0.15, 0.2) is 0 Å². The second kappa shape index (κ2) is 5.20. The first kappa shape index (κ1) is 11.3. The lowest BCUT2D eigenvalue weighted by atomic mass is 10.2. The fourth-order valence-electron chi connectivity index (χ4n) is 1.70. The first-order valence-corrected chi connectivity index (χ1v) is 5.21. The Kier molecular flexibility index (Phi) is 3.66. The molecule has 0 atom stereocenters. The number of hydrogen-bond donors (Lipinski definition) is 2. The summed E-state index contributed by atoms with van der Waals surface area (Å²) >= 11 is 0. The molecule has 0 aliphatic carbocycles. The van der Waals surface area contributed by atoms with E-state index in [1.807, 2.05) is 12.1 Å². The highest BCUT2D eigenvalue weighted by Gasteiger charge is 2.14. The molecular weight excluding hydrogens is 209 g/mol. The molecule has 1 aromatic carbocycles. The molecule has 2 rings (SSSR count). The Hall–Kier alpha value is -1.24. The molecule has 1 fully saturated rings. The molecule has 0 saturated carbocycles. The minimum absolute atomic E-state index is 0.444. The molecule has 0 amide bonds. The summed E-state index contributed by atoms with van der Waals surface area (Å²) in [6, 6.07) is 7.25. The van der Waals surface area contributed by atoms with Crippen molar-refractivity contribution in [1.82, 2.24) is 0 Å². The molecular formula is C10H14BNO4. The third-order valence-corrected chi connectivity index (χ3v) is 2.44. The van der Waals surface area contributed by atoms with Gasteiger partial charge >= 0.3 is 7.32 Å². The second-order valence-electron chi connectivity index (χ2n) is 3.54. The second-order valence-corrected chi connectivity index (χ2v) is 3.54. The Labute approximate surface area is 94.4 Å². The molecule has 1 aromatic rings. The Balaban J connectivity index is 2.08. The highest BCUT2D eigenvalue weighted by Crippen LogP contribution is 2.21. The van der Waals surface area contributed by atoms with E-state index in [0.29, 0.717) is 19.0 Å². The largest absolute Gasteiger partial charge is 0.707 e. The monoisotopic (exact) mass is 223 g/mol. The summed E-state index contributed by atoms with van der Waals surface area (Å²) in [7, 11) is -1.78. The Bertz CT molecular complexity index is 341. The van der Waals surface area contributed by atoms with Crippen molar-refractivity contribution in [3.05, 3.63) is 24.3 Å². The molecule has 1 aliphatic heterocycles. The van der Waals surface area contributed by atoms with Crippen molar-refractivity contribution in [2.24, 2.45) is 0 Å². The number of hydrogen-bond acceptors (Lipinski definition) is 5. The molecule has 5 nitrogen and oxygen atoms in total. The van der Waals surface area contributed by atoms with Crippen molar-refractivity contribution in [2.75, 3.05) is 31.2 Å². The molecule has 1 aliphatic rings. The van der Waals surface area contributed by atoms with Crippen LogP contribution < -0.4 is 9.55 Å². The van der Waals surface area contributed by atoms with Crippen LogP contribution in [0.1, 0.15) is 0 Å². The van der Waals surface area contributed by atoms with Crippen LogP contribution in [0.4, 0.5) is 5.69 Å². The van der Waals surface area contributed by atoms with E-state index in [2.05, 4.69) is 4.90 Å². The fourth-order valence-corrected chi connectivity index (χ4v) is 1.70. The van der Waals surface area contributed by atoms with Gasteiger partial charge in [-0.1, -0.05) is 6.07 Å². The van der Waals surface area contributed by atoms with Crippen LogP contribution in [-0.4, -0.2) is 43.7 Å². The van der Waals surface area contributed by atoms with Gasteiger partial charge in [-0.2, -0.15) is 0 Å². The maximum Gasteiger partial charge on any atom is 0.707 e. The highest BCUT2D eigenvalue weighted by molar-refractivity contribution is 6.33. The molecule has 1 saturated heterocycles. The van der Waals surface area contributed by atoms with Crippen molar-refractivity contribution >= 4 is 13.0 Å². The summed E-state index contributed by atoms with van der Waals surface area (Å²) in [6.07, 6.45) is 0. The molecule has 6 heteroatoms. The van der Waals surface area contributed by atoms with Crippen molar-refractivity contribution in [3.8, 4) is 5.75 Å². The average Bonchev–Trinajstić information content (AvgIpc) is 2.30. The first-order valence-electron chi connectivity index (χ1n) is 5.21. The van der Waals surface area contributed by atoms with E-state index < -0.39 is 7.32 Å². The zero-order valence-corrected chi connectivity index (χ0v) is 8.87. The lowest BCUT2D eigenvalue weighted by Crippen LogP contribution is -2.36. The molecule has 0 spiro atoms. The predicted molar refractivity (Wildman–Crippen MR) is 60.3 cm³/mol. The molecule has 0 unspecified atom stereocenters. The minimum atomic E-state index is -1.78. The zero-order valence-electron chi connectivity index (χ0n) is 8.87. The number of morpholine rings is 1. The summed E-state index contributed by atoms with van der Waals surface area (Å²) in [4.78, 5) is 2.17. The summed E-state index contributed by atoms with van der Waals surface area (Å²) in [5.41, 5.74) is 1.00. The SMILES string of the molecule is OB(O)Oc1cccc(N2CCOCC2)c1. The third-order valence-electron chi connectivity index (χ3n) is 2.44. The number of benzene rings is 1. The number of anilines is 1. The molecule has 86 valence electrons. The lowest BCUT2D eigenvalue weighted by molar-refractivity contribution is 0.122. The van der Waals surface area contributed by atoms with Crippen LogP contribution in [0.3, 0.4) is 0 Å². The van der Waals surface area contributed by atoms with Crippen molar-refractivity contribution in [3.63, 3.8) is 0 Å². The molecule has 0 bridgehead atoms. The van der Waals surface area contributed by atoms with E-state index in [9.17, 15) is 0 Å². The fraction of sp³-hybridized carbons (Fsp3) is 0.400. The van der Waals surface area contributed by atoms with Crippen molar-refractivity contribution in [1.29, 1.82) is 0 Å². The molecule has 1 heterocycles. The van der Waals surface area contributed by atoms with E-state index in [4.69, 9.17) is 19.4 Å². The smallest absolute Gasteiger partial charge is 0.512 e. The van der Waals surface area contributed by atoms with E-state index in [0.717, 1.165) is 18.8 Å². The normalized spacial score (nSPS) is 16.0. The van der Waals surface area contributed by atoms with Gasteiger partial charge in [0.2, 0.25) is 0 Å². The van der Waals surface area contributed by atoms with Gasteiger partial charge in [-0.3, -0.25) is 0 Å². The maximum absolute atomic E-state index is 8.71. The van der Waals surface area contributed by atoms with Crippen molar-refractivity contribution < 1.29 is 19.4 Å². The molecule has 0 radical (unpaired) electrons. The Morgan fingerprint density at radius 1 is 1.25 bits per heavy atom. The Morgan fingerprint density at radius 2 is 2.00 bits per heavy atom. The molecule has 16 heavy (non-hydrogen) atoms. The van der Waals surface area contributed by atoms with Crippen molar-refractivity contribution in [2.45, 2.75) is 0 Å². The van der Waals surface area contributed by atoms with Gasteiger partial charge in [-0.25, -0.2) is 0 Å². The summed E-state index contributed by atoms with van der Waals surface area (Å²) in [6.45, 7) is 3.11. The number of ether oxygens (including phenoxy) is 1. The number of rotatable bonds is 3. The molecule has 0 aromatic heterocycles. The Morgan fingerprint density at radius 3 is 2.69 bits per heavy atom. The number of nitrogens with zero attached hydrogens (tertiary/aromatic N) is 1. The van der Waals surface area contributed by atoms with Crippen LogP contribution in [-0.2, 0) is 4.74 Å². The van der Waals surface area contributed by atoms with Gasteiger partial charge < -0.3 is 24.3 Å². The summed E-state index contributed by atoms with van der Waals surface area (Å²) in [5.74, 6) is 0.444. The predicted octanol–water partition coefficient (Wildman–Crippen LogP) is -0.129. The van der Waals surface area contributed by atoms with Gasteiger partial charge in [0.05, 0.1) is 13.2 Å².